The summed E-state index contributed by atoms with van der Waals surface area (Å²) >= 11 is 0. The first-order valence-electron chi connectivity index (χ1n) is 10.8. The van der Waals surface area contributed by atoms with Crippen molar-refractivity contribution in [3.8, 4) is 0 Å². The number of piperidine rings is 1. The van der Waals surface area contributed by atoms with E-state index in [0.717, 1.165) is 45.0 Å². The van der Waals surface area contributed by atoms with Gasteiger partial charge in [0.25, 0.3) is 0 Å². The van der Waals surface area contributed by atoms with Crippen LogP contribution in [0.1, 0.15) is 30.4 Å². The number of rotatable bonds is 3. The van der Waals surface area contributed by atoms with Crippen molar-refractivity contribution in [2.75, 3.05) is 54.4 Å². The van der Waals surface area contributed by atoms with E-state index >= 15 is 0 Å². The van der Waals surface area contributed by atoms with Gasteiger partial charge < -0.3 is 20.0 Å². The summed E-state index contributed by atoms with van der Waals surface area (Å²) in [5.74, 6) is 0. The van der Waals surface area contributed by atoms with Crippen LogP contribution in [0.5, 0.6) is 0 Å². The molecule has 2 aliphatic rings. The number of aryl methyl sites for hydroxylation is 2. The molecule has 0 saturated carbocycles. The Hall–Kier alpha value is -2.69. The second-order valence-corrected chi connectivity index (χ2v) is 8.34. The molecule has 2 fully saturated rings. The molecule has 2 aromatic carbocycles. The van der Waals surface area contributed by atoms with Crippen LogP contribution in [0, 0.1) is 13.8 Å². The fourth-order valence-corrected chi connectivity index (χ4v) is 4.41. The zero-order valence-corrected chi connectivity index (χ0v) is 17.7. The molecule has 154 valence electrons. The van der Waals surface area contributed by atoms with Crippen LogP contribution in [0.15, 0.2) is 42.5 Å². The zero-order chi connectivity index (χ0) is 20.2. The first-order chi connectivity index (χ1) is 14.1. The SMILES string of the molecule is Cc1cc(C)cc(N2CCN(C(=O)Nc3ccc(N4CCCCC4)cc3)CC2)c1. The Kier molecular flexibility index (Phi) is 5.93. The van der Waals surface area contributed by atoms with Crippen molar-refractivity contribution in [3.63, 3.8) is 0 Å². The topological polar surface area (TPSA) is 38.8 Å². The quantitative estimate of drug-likeness (QED) is 0.826. The molecule has 0 spiro atoms. The molecule has 2 aromatic rings. The van der Waals surface area contributed by atoms with Crippen LogP contribution in [0.3, 0.4) is 0 Å². The number of urea groups is 1. The lowest BCUT2D eigenvalue weighted by Gasteiger charge is -2.36. The van der Waals surface area contributed by atoms with Crippen molar-refractivity contribution in [3.05, 3.63) is 53.6 Å². The summed E-state index contributed by atoms with van der Waals surface area (Å²) in [4.78, 5) is 19.4. The maximum atomic E-state index is 12.7. The molecule has 2 amide bonds. The molecule has 29 heavy (non-hydrogen) atoms. The largest absolute Gasteiger partial charge is 0.372 e. The van der Waals surface area contributed by atoms with E-state index in [4.69, 9.17) is 0 Å². The summed E-state index contributed by atoms with van der Waals surface area (Å²) in [5.41, 5.74) is 5.95. The minimum Gasteiger partial charge on any atom is -0.372 e. The van der Waals surface area contributed by atoms with Crippen molar-refractivity contribution >= 4 is 23.1 Å². The first kappa shape index (κ1) is 19.6. The monoisotopic (exact) mass is 392 g/mol. The minimum absolute atomic E-state index is 0.00389. The van der Waals surface area contributed by atoms with E-state index in [-0.39, 0.29) is 6.03 Å². The number of hydrogen-bond donors (Lipinski definition) is 1. The Morgan fingerprint density at radius 2 is 1.31 bits per heavy atom. The number of anilines is 3. The van der Waals surface area contributed by atoms with Crippen LogP contribution in [-0.4, -0.2) is 50.2 Å². The second-order valence-electron chi connectivity index (χ2n) is 8.34. The van der Waals surface area contributed by atoms with Gasteiger partial charge >= 0.3 is 6.03 Å². The molecule has 0 aromatic heterocycles. The summed E-state index contributed by atoms with van der Waals surface area (Å²) in [7, 11) is 0. The fraction of sp³-hybridized carbons (Fsp3) is 0.458. The lowest BCUT2D eigenvalue weighted by molar-refractivity contribution is 0.208. The Labute approximate surface area is 174 Å². The van der Waals surface area contributed by atoms with Crippen molar-refractivity contribution < 1.29 is 4.79 Å². The molecule has 0 bridgehead atoms. The highest BCUT2D eigenvalue weighted by Crippen LogP contribution is 2.23. The van der Waals surface area contributed by atoms with Gasteiger partial charge in [-0.05, 0) is 80.6 Å². The van der Waals surface area contributed by atoms with Crippen molar-refractivity contribution in [1.82, 2.24) is 4.90 Å². The second kappa shape index (κ2) is 8.76. The predicted molar refractivity (Wildman–Crippen MR) is 121 cm³/mol. The first-order valence-corrected chi connectivity index (χ1v) is 10.8. The summed E-state index contributed by atoms with van der Waals surface area (Å²) in [6, 6.07) is 14.9. The Bertz CT molecular complexity index is 814. The van der Waals surface area contributed by atoms with Crippen LogP contribution < -0.4 is 15.1 Å². The van der Waals surface area contributed by atoms with E-state index < -0.39 is 0 Å². The normalized spacial score (nSPS) is 17.4. The number of nitrogens with zero attached hydrogens (tertiary/aromatic N) is 3. The fourth-order valence-electron chi connectivity index (χ4n) is 4.41. The third-order valence-corrected chi connectivity index (χ3v) is 5.98. The number of carbonyl (C=O) groups is 1. The van der Waals surface area contributed by atoms with Crippen LogP contribution >= 0.6 is 0 Å². The number of amides is 2. The molecule has 2 heterocycles. The molecular weight excluding hydrogens is 360 g/mol. The van der Waals surface area contributed by atoms with Gasteiger partial charge in [-0.2, -0.15) is 0 Å². The van der Waals surface area contributed by atoms with Crippen LogP contribution in [0.4, 0.5) is 21.9 Å². The third kappa shape index (κ3) is 4.84. The molecule has 0 radical (unpaired) electrons. The Morgan fingerprint density at radius 1 is 0.724 bits per heavy atom. The number of nitrogens with one attached hydrogen (secondary N) is 1. The van der Waals surface area contributed by atoms with Crippen LogP contribution in [0.2, 0.25) is 0 Å². The molecule has 5 heteroatoms. The maximum absolute atomic E-state index is 12.7. The highest BCUT2D eigenvalue weighted by atomic mass is 16.2. The summed E-state index contributed by atoms with van der Waals surface area (Å²) < 4.78 is 0. The number of hydrogen-bond acceptors (Lipinski definition) is 3. The van der Waals surface area contributed by atoms with Gasteiger partial charge in [-0.1, -0.05) is 6.07 Å². The summed E-state index contributed by atoms with van der Waals surface area (Å²) in [6.07, 6.45) is 3.88. The molecular formula is C24H32N4O. The van der Waals surface area contributed by atoms with E-state index in [1.165, 1.54) is 41.8 Å². The van der Waals surface area contributed by atoms with Crippen LogP contribution in [-0.2, 0) is 0 Å². The van der Waals surface area contributed by atoms with E-state index in [1.807, 2.05) is 17.0 Å². The van der Waals surface area contributed by atoms with E-state index in [2.05, 4.69) is 59.3 Å². The average molecular weight is 393 g/mol. The molecule has 1 N–H and O–H groups in total. The molecule has 5 nitrogen and oxygen atoms in total. The highest BCUT2D eigenvalue weighted by Gasteiger charge is 2.21. The van der Waals surface area contributed by atoms with Gasteiger partial charge in [0, 0.05) is 56.3 Å². The molecule has 0 aliphatic carbocycles. The molecule has 0 atom stereocenters. The molecule has 2 saturated heterocycles. The predicted octanol–water partition coefficient (Wildman–Crippen LogP) is 4.65. The summed E-state index contributed by atoms with van der Waals surface area (Å²) in [6.45, 7) is 9.75. The number of benzene rings is 2. The number of piperazine rings is 1. The van der Waals surface area contributed by atoms with Gasteiger partial charge in [-0.25, -0.2) is 4.79 Å². The van der Waals surface area contributed by atoms with Crippen molar-refractivity contribution in [2.45, 2.75) is 33.1 Å². The smallest absolute Gasteiger partial charge is 0.321 e. The molecule has 2 aliphatic heterocycles. The van der Waals surface area contributed by atoms with Crippen LogP contribution in [0.25, 0.3) is 0 Å². The highest BCUT2D eigenvalue weighted by molar-refractivity contribution is 5.89. The zero-order valence-electron chi connectivity index (χ0n) is 17.7. The molecule has 0 unspecified atom stereocenters. The molecule has 4 rings (SSSR count). The Balaban J connectivity index is 1.30. The maximum Gasteiger partial charge on any atom is 0.321 e. The van der Waals surface area contributed by atoms with Crippen molar-refractivity contribution in [2.24, 2.45) is 0 Å². The van der Waals surface area contributed by atoms with Gasteiger partial charge in [-0.15, -0.1) is 0 Å². The van der Waals surface area contributed by atoms with Gasteiger partial charge in [0.2, 0.25) is 0 Å². The lowest BCUT2D eigenvalue weighted by atomic mass is 10.1. The lowest BCUT2D eigenvalue weighted by Crippen LogP contribution is -2.50. The Morgan fingerprint density at radius 3 is 1.93 bits per heavy atom. The van der Waals surface area contributed by atoms with Gasteiger partial charge in [0.1, 0.15) is 0 Å². The van der Waals surface area contributed by atoms with Gasteiger partial charge in [0.05, 0.1) is 0 Å². The minimum atomic E-state index is -0.00389. The van der Waals surface area contributed by atoms with Crippen molar-refractivity contribution in [1.29, 1.82) is 0 Å². The van der Waals surface area contributed by atoms with Gasteiger partial charge in [-0.3, -0.25) is 0 Å². The average Bonchev–Trinajstić information content (AvgIpc) is 2.74. The van der Waals surface area contributed by atoms with E-state index in [9.17, 15) is 4.79 Å². The third-order valence-electron chi connectivity index (χ3n) is 5.98. The number of carbonyl (C=O) groups excluding carboxylic acids is 1. The van der Waals surface area contributed by atoms with E-state index in [1.54, 1.807) is 0 Å². The summed E-state index contributed by atoms with van der Waals surface area (Å²) in [5, 5.41) is 3.06. The standard InChI is InChI=1S/C24H32N4O/c1-19-16-20(2)18-23(17-19)27-12-14-28(15-13-27)24(29)25-21-6-8-22(9-7-21)26-10-4-3-5-11-26/h6-9,16-18H,3-5,10-15H2,1-2H3,(H,25,29). The van der Waals surface area contributed by atoms with Gasteiger partial charge in [0.15, 0.2) is 0 Å². The van der Waals surface area contributed by atoms with E-state index in [0.29, 0.717) is 0 Å².